The number of hydrogen-bond acceptors (Lipinski definition) is 10. The van der Waals surface area contributed by atoms with Crippen molar-refractivity contribution in [1.82, 2.24) is 67.5 Å². The van der Waals surface area contributed by atoms with Gasteiger partial charge >= 0.3 is 0 Å². The molecule has 0 bridgehead atoms. The minimum atomic E-state index is 0.113. The largest absolute Gasteiger partial charge is 0.381 e. The average molecular weight is 1190 g/mol. The zero-order valence-electron chi connectivity index (χ0n) is 51.2. The number of carbonyl (C=O) groups is 3. The molecule has 456 valence electrons. The summed E-state index contributed by atoms with van der Waals surface area (Å²) >= 11 is 0. The molecule has 6 aliphatic heterocycles. The van der Waals surface area contributed by atoms with Crippen molar-refractivity contribution in [2.75, 3.05) is 59.3 Å². The molecule has 3 aromatic carbocycles. The van der Waals surface area contributed by atoms with Crippen LogP contribution in [-0.2, 0) is 74.5 Å². The standard InChI is InChI=1S/C25H28N6O2.C22H26N4O2.C21H24N4O2/c1-17(32)29-9-6-23-22(16-29)25(27-31(23)21-7-11-33-12-8-21)30-10-5-18-3-4-19(13-24(18)30)20-14-26-28(2)15-20;1-15-13-25(20-6-4-3-5-18(15)20)22-19-14-24(16(2)27)10-7-21(19)26(23-22)17-8-11-28-12-9-17;1-15(26)23-10-7-20-18(14-23)21(22-25(20)17-8-12-27-13-9-17)24-11-6-16-4-2-3-5-19(16)24/h3-5,10,13-15,21H,6-9,11-12,16H2,1-2H3;3-6,13,17H,7-12,14H2,1-2H3;2-6,11,17H,7-10,12-14H2,1H3. The fourth-order valence-corrected chi connectivity index (χ4v) is 14.2. The molecule has 0 spiro atoms. The van der Waals surface area contributed by atoms with E-state index in [0.717, 1.165) is 168 Å². The van der Waals surface area contributed by atoms with E-state index in [9.17, 15) is 14.4 Å². The maximum atomic E-state index is 12.2. The van der Waals surface area contributed by atoms with Crippen molar-refractivity contribution >= 4 is 50.4 Å². The van der Waals surface area contributed by atoms with E-state index in [-0.39, 0.29) is 17.7 Å². The smallest absolute Gasteiger partial charge is 0.219 e. The van der Waals surface area contributed by atoms with E-state index < -0.39 is 0 Å². The Labute approximate surface area is 511 Å². The molecular formula is C68H78N14O6. The molecule has 20 nitrogen and oxygen atoms in total. The first-order valence-electron chi connectivity index (χ1n) is 31.5. The van der Waals surface area contributed by atoms with Crippen LogP contribution in [0, 0.1) is 6.92 Å². The van der Waals surface area contributed by atoms with E-state index in [2.05, 4.69) is 137 Å². The summed E-state index contributed by atoms with van der Waals surface area (Å²) in [6.07, 6.45) is 18.8. The highest BCUT2D eigenvalue weighted by Crippen LogP contribution is 2.38. The predicted octanol–water partition coefficient (Wildman–Crippen LogP) is 9.96. The van der Waals surface area contributed by atoms with Gasteiger partial charge in [-0.3, -0.25) is 46.8 Å². The number of amides is 3. The van der Waals surface area contributed by atoms with Gasteiger partial charge in [0.05, 0.1) is 60.5 Å². The quantitative estimate of drug-likeness (QED) is 0.149. The molecule has 88 heavy (non-hydrogen) atoms. The molecule has 0 N–H and O–H groups in total. The first-order valence-corrected chi connectivity index (χ1v) is 31.5. The SMILES string of the molecule is CC(=O)N1CCc2c(c(-n3cc(C)c4ccccc43)nn2C2CCOCC2)C1.CC(=O)N1CCc2c(c(-n3ccc4ccc(-c5cnn(C)c5)cc43)nn2C2CCOCC2)C1.CC(=O)N1CCc2c(c(-n3ccc4ccccc43)nn2C2CCOCC2)C1. The van der Waals surface area contributed by atoms with Crippen LogP contribution in [0.25, 0.3) is 61.3 Å². The second-order valence-corrected chi connectivity index (χ2v) is 24.5. The second kappa shape index (κ2) is 24.2. The lowest BCUT2D eigenvalue weighted by molar-refractivity contribution is -0.130. The van der Waals surface area contributed by atoms with Crippen molar-refractivity contribution in [2.45, 2.75) is 123 Å². The maximum Gasteiger partial charge on any atom is 0.219 e. The Kier molecular flexibility index (Phi) is 15.7. The van der Waals surface area contributed by atoms with Gasteiger partial charge in [-0.05, 0) is 92.3 Å². The molecular weight excluding hydrogens is 1110 g/mol. The number of fused-ring (bicyclic) bond motifs is 6. The predicted molar refractivity (Wildman–Crippen MR) is 336 cm³/mol. The van der Waals surface area contributed by atoms with Crippen molar-refractivity contribution in [3.8, 4) is 28.6 Å². The number of para-hydroxylation sites is 2. The summed E-state index contributed by atoms with van der Waals surface area (Å²) in [5.41, 5.74) is 14.2. The summed E-state index contributed by atoms with van der Waals surface area (Å²) in [7, 11) is 1.93. The van der Waals surface area contributed by atoms with E-state index in [1.165, 1.54) is 50.1 Å². The molecule has 3 amide bonds. The van der Waals surface area contributed by atoms with Crippen molar-refractivity contribution in [3.05, 3.63) is 149 Å². The number of benzene rings is 3. The van der Waals surface area contributed by atoms with Crippen LogP contribution in [0.4, 0.5) is 0 Å². The lowest BCUT2D eigenvalue weighted by Gasteiger charge is -2.29. The van der Waals surface area contributed by atoms with Crippen LogP contribution in [0.5, 0.6) is 0 Å². The van der Waals surface area contributed by atoms with E-state index in [1.54, 1.807) is 20.8 Å². The molecule has 3 fully saturated rings. The maximum absolute atomic E-state index is 12.2. The molecule has 6 aliphatic rings. The molecule has 0 aliphatic carbocycles. The first-order chi connectivity index (χ1) is 42.9. The molecule has 0 atom stereocenters. The van der Waals surface area contributed by atoms with Gasteiger partial charge in [0.15, 0.2) is 17.5 Å². The average Bonchev–Trinajstić information content (AvgIpc) is 2.65. The zero-order chi connectivity index (χ0) is 60.2. The molecule has 16 rings (SSSR count). The van der Waals surface area contributed by atoms with Crippen LogP contribution in [0.15, 0.2) is 110 Å². The Morgan fingerprint density at radius 3 is 1.38 bits per heavy atom. The molecule has 13 heterocycles. The Morgan fingerprint density at radius 2 is 0.909 bits per heavy atom. The number of ether oxygens (including phenoxy) is 3. The van der Waals surface area contributed by atoms with Crippen LogP contribution in [-0.4, -0.2) is 145 Å². The van der Waals surface area contributed by atoms with Crippen LogP contribution in [0.2, 0.25) is 0 Å². The Hall–Kier alpha value is -8.59. The third-order valence-electron chi connectivity index (χ3n) is 19.1. The van der Waals surface area contributed by atoms with Crippen LogP contribution >= 0.6 is 0 Å². The van der Waals surface area contributed by atoms with Crippen LogP contribution < -0.4 is 0 Å². The van der Waals surface area contributed by atoms with Crippen molar-refractivity contribution in [2.24, 2.45) is 7.05 Å². The summed E-state index contributed by atoms with van der Waals surface area (Å²) < 4.78 is 31.8. The highest BCUT2D eigenvalue weighted by Gasteiger charge is 2.34. The van der Waals surface area contributed by atoms with Gasteiger partial charge in [-0.15, -0.1) is 0 Å². The highest BCUT2D eigenvalue weighted by molar-refractivity contribution is 5.88. The van der Waals surface area contributed by atoms with Gasteiger partial charge in [0.2, 0.25) is 17.7 Å². The monoisotopic (exact) mass is 1190 g/mol. The molecule has 0 unspecified atom stereocenters. The van der Waals surface area contributed by atoms with Crippen molar-refractivity contribution in [3.63, 3.8) is 0 Å². The Balaban J connectivity index is 0.000000117. The van der Waals surface area contributed by atoms with Crippen molar-refractivity contribution < 1.29 is 28.6 Å². The normalized spacial score (nSPS) is 17.6. The lowest BCUT2D eigenvalue weighted by atomic mass is 10.0. The summed E-state index contributed by atoms with van der Waals surface area (Å²) in [5.74, 6) is 3.23. The van der Waals surface area contributed by atoms with E-state index >= 15 is 0 Å². The summed E-state index contributed by atoms with van der Waals surface area (Å²) in [6, 6.07) is 28.7. The molecule has 20 heteroatoms. The molecule has 10 aromatic rings. The van der Waals surface area contributed by atoms with Gasteiger partial charge in [-0.2, -0.15) is 20.4 Å². The third kappa shape index (κ3) is 10.8. The Bertz CT molecular complexity index is 4230. The minimum absolute atomic E-state index is 0.113. The van der Waals surface area contributed by atoms with Crippen molar-refractivity contribution in [1.29, 1.82) is 0 Å². The van der Waals surface area contributed by atoms with Gasteiger partial charge < -0.3 is 28.9 Å². The molecule has 0 radical (unpaired) electrons. The third-order valence-corrected chi connectivity index (χ3v) is 19.1. The molecule has 7 aromatic heterocycles. The number of carbonyl (C=O) groups excluding carboxylic acids is 3. The van der Waals surface area contributed by atoms with Gasteiger partial charge in [0.25, 0.3) is 0 Å². The number of nitrogens with zero attached hydrogens (tertiary/aromatic N) is 14. The number of hydrogen-bond donors (Lipinski definition) is 0. The summed E-state index contributed by atoms with van der Waals surface area (Å²) in [4.78, 5) is 42.0. The van der Waals surface area contributed by atoms with Gasteiger partial charge in [-0.25, -0.2) is 0 Å². The topological polar surface area (TPSA) is 175 Å². The highest BCUT2D eigenvalue weighted by atomic mass is 16.5. The zero-order valence-corrected chi connectivity index (χ0v) is 51.2. The van der Waals surface area contributed by atoms with E-state index in [1.807, 2.05) is 38.8 Å². The van der Waals surface area contributed by atoms with Gasteiger partial charge in [0.1, 0.15) is 0 Å². The summed E-state index contributed by atoms with van der Waals surface area (Å²) in [5, 5.41) is 23.3. The number of aryl methyl sites for hydroxylation is 2. The van der Waals surface area contributed by atoms with Crippen LogP contribution in [0.1, 0.15) is 117 Å². The number of rotatable bonds is 7. The van der Waals surface area contributed by atoms with E-state index in [4.69, 9.17) is 29.5 Å². The fraction of sp³-hybridized carbons (Fsp3) is 0.426. The second-order valence-electron chi connectivity index (χ2n) is 24.5. The van der Waals surface area contributed by atoms with Crippen LogP contribution in [0.3, 0.4) is 0 Å². The van der Waals surface area contributed by atoms with Gasteiger partial charge in [0, 0.05) is 181 Å². The fourth-order valence-electron chi connectivity index (χ4n) is 14.2. The molecule has 3 saturated heterocycles. The lowest BCUT2D eigenvalue weighted by Crippen LogP contribution is -2.35. The number of aromatic nitrogens is 11. The van der Waals surface area contributed by atoms with Gasteiger partial charge in [-0.1, -0.05) is 48.5 Å². The van der Waals surface area contributed by atoms with E-state index in [0.29, 0.717) is 37.8 Å². The first kappa shape index (κ1) is 57.2. The summed E-state index contributed by atoms with van der Waals surface area (Å²) in [6.45, 7) is 16.0. The molecule has 0 saturated carbocycles. The minimum Gasteiger partial charge on any atom is -0.381 e. The Morgan fingerprint density at radius 1 is 0.477 bits per heavy atom.